The summed E-state index contributed by atoms with van der Waals surface area (Å²) in [7, 11) is 0. The molecule has 20 heavy (non-hydrogen) atoms. The molecule has 1 atom stereocenters. The zero-order valence-electron chi connectivity index (χ0n) is 12.6. The molecule has 0 aliphatic rings. The largest absolute Gasteiger partial charge is 0.386 e. The summed E-state index contributed by atoms with van der Waals surface area (Å²) in [5.74, 6) is 0. The van der Waals surface area contributed by atoms with Crippen molar-refractivity contribution in [1.29, 1.82) is 0 Å². The van der Waals surface area contributed by atoms with Crippen LogP contribution >= 0.6 is 0 Å². The van der Waals surface area contributed by atoms with Gasteiger partial charge in [0.15, 0.2) is 0 Å². The van der Waals surface area contributed by atoms with E-state index in [1.807, 2.05) is 52.0 Å². The van der Waals surface area contributed by atoms with Crippen LogP contribution in [0.1, 0.15) is 27.7 Å². The quantitative estimate of drug-likeness (QED) is 0.838. The number of hydrogen-bond donors (Lipinski definition) is 1. The lowest BCUT2D eigenvalue weighted by atomic mass is 9.86. The first-order valence-corrected chi connectivity index (χ1v) is 6.60. The fourth-order valence-corrected chi connectivity index (χ4v) is 1.71. The van der Waals surface area contributed by atoms with Gasteiger partial charge in [-0.2, -0.15) is 5.10 Å². The molecule has 1 N–H and O–H groups in total. The summed E-state index contributed by atoms with van der Waals surface area (Å²) >= 11 is 0. The van der Waals surface area contributed by atoms with Crippen LogP contribution in [0, 0.1) is 5.41 Å². The van der Waals surface area contributed by atoms with Crippen molar-refractivity contribution in [2.45, 2.75) is 33.8 Å². The van der Waals surface area contributed by atoms with Gasteiger partial charge in [-0.05, 0) is 24.0 Å². The van der Waals surface area contributed by atoms with Crippen LogP contribution in [0.2, 0.25) is 0 Å². The van der Waals surface area contributed by atoms with E-state index in [4.69, 9.17) is 0 Å². The first-order chi connectivity index (χ1) is 9.40. The van der Waals surface area contributed by atoms with Gasteiger partial charge in [-0.1, -0.05) is 51.7 Å². The molecule has 1 rings (SSSR count). The summed E-state index contributed by atoms with van der Waals surface area (Å²) in [4.78, 5) is 3.95. The molecule has 0 aliphatic carbocycles. The number of aliphatic hydroxyl groups excluding tert-OH is 1. The highest BCUT2D eigenvalue weighted by molar-refractivity contribution is 5.56. The van der Waals surface area contributed by atoms with Crippen LogP contribution in [-0.2, 0) is 0 Å². The van der Waals surface area contributed by atoms with Crippen molar-refractivity contribution in [2.75, 3.05) is 0 Å². The van der Waals surface area contributed by atoms with Crippen LogP contribution in [0.5, 0.6) is 0 Å². The second kappa shape index (κ2) is 7.01. The minimum Gasteiger partial charge on any atom is -0.386 e. The SMILES string of the molecule is C=C/C=C(\C=C/C)/C=C(\C(O)C(C)(C)C)n1cncn1. The van der Waals surface area contributed by atoms with Gasteiger partial charge in [0.25, 0.3) is 0 Å². The summed E-state index contributed by atoms with van der Waals surface area (Å²) in [5.41, 5.74) is 1.32. The Kier molecular flexibility index (Phi) is 5.65. The second-order valence-corrected chi connectivity index (χ2v) is 5.58. The number of nitrogens with zero attached hydrogens (tertiary/aromatic N) is 3. The van der Waals surface area contributed by atoms with Crippen molar-refractivity contribution >= 4 is 5.70 Å². The van der Waals surface area contributed by atoms with E-state index in [2.05, 4.69) is 16.7 Å². The topological polar surface area (TPSA) is 50.9 Å². The maximum absolute atomic E-state index is 10.6. The van der Waals surface area contributed by atoms with Crippen molar-refractivity contribution in [1.82, 2.24) is 14.8 Å². The van der Waals surface area contributed by atoms with E-state index in [1.165, 1.54) is 6.33 Å². The highest BCUT2D eigenvalue weighted by Gasteiger charge is 2.27. The average molecular weight is 273 g/mol. The Morgan fingerprint density at radius 3 is 2.55 bits per heavy atom. The first-order valence-electron chi connectivity index (χ1n) is 6.60. The lowest BCUT2D eigenvalue weighted by Crippen LogP contribution is -2.30. The fourth-order valence-electron chi connectivity index (χ4n) is 1.71. The standard InChI is InChI=1S/C16H23N3O/c1-6-8-13(9-7-2)10-14(15(20)16(3,4)5)19-12-17-11-18-19/h6-12,15,20H,1H2,2-5H3/b9-7-,13-8+,14-10+. The second-order valence-electron chi connectivity index (χ2n) is 5.58. The van der Waals surface area contributed by atoms with Crippen molar-refractivity contribution in [3.63, 3.8) is 0 Å². The molecule has 1 aromatic rings. The Morgan fingerprint density at radius 1 is 1.40 bits per heavy atom. The minimum atomic E-state index is -0.664. The van der Waals surface area contributed by atoms with Crippen LogP contribution in [0.4, 0.5) is 0 Å². The molecular weight excluding hydrogens is 250 g/mol. The Balaban J connectivity index is 3.31. The predicted octanol–water partition coefficient (Wildman–Crippen LogP) is 3.21. The number of aliphatic hydroxyl groups is 1. The van der Waals surface area contributed by atoms with Gasteiger partial charge in [-0.15, -0.1) is 0 Å². The van der Waals surface area contributed by atoms with Gasteiger partial charge < -0.3 is 5.11 Å². The van der Waals surface area contributed by atoms with Crippen LogP contribution in [0.3, 0.4) is 0 Å². The van der Waals surface area contributed by atoms with E-state index in [1.54, 1.807) is 17.1 Å². The molecule has 1 heterocycles. The van der Waals surface area contributed by atoms with Gasteiger partial charge in [-0.25, -0.2) is 9.67 Å². The van der Waals surface area contributed by atoms with Crippen LogP contribution in [0.15, 0.2) is 55.2 Å². The lowest BCUT2D eigenvalue weighted by Gasteiger charge is -2.28. The predicted molar refractivity (Wildman–Crippen MR) is 82.9 cm³/mol. The highest BCUT2D eigenvalue weighted by atomic mass is 16.3. The molecule has 1 aromatic heterocycles. The van der Waals surface area contributed by atoms with Gasteiger partial charge in [0.1, 0.15) is 18.8 Å². The van der Waals surface area contributed by atoms with Crippen molar-refractivity contribution < 1.29 is 5.11 Å². The molecule has 0 saturated carbocycles. The fraction of sp³-hybridized carbons (Fsp3) is 0.375. The van der Waals surface area contributed by atoms with Crippen LogP contribution in [-0.4, -0.2) is 26.0 Å². The van der Waals surface area contributed by atoms with E-state index in [-0.39, 0.29) is 5.41 Å². The molecule has 4 heteroatoms. The molecular formula is C16H23N3O. The van der Waals surface area contributed by atoms with E-state index in [0.717, 1.165) is 5.57 Å². The summed E-state index contributed by atoms with van der Waals surface area (Å²) in [5, 5.41) is 14.7. The molecule has 1 unspecified atom stereocenters. The number of hydrogen-bond acceptors (Lipinski definition) is 3. The Labute approximate surface area is 120 Å². The van der Waals surface area contributed by atoms with Crippen molar-refractivity contribution in [3.8, 4) is 0 Å². The third-order valence-corrected chi connectivity index (χ3v) is 2.77. The number of rotatable bonds is 5. The Hall–Kier alpha value is -1.94. The molecule has 0 fully saturated rings. The first kappa shape index (κ1) is 16.1. The molecule has 0 amide bonds. The number of aromatic nitrogens is 3. The summed E-state index contributed by atoms with van der Waals surface area (Å²) in [6, 6.07) is 0. The van der Waals surface area contributed by atoms with Gasteiger partial charge in [-0.3, -0.25) is 0 Å². The smallest absolute Gasteiger partial charge is 0.138 e. The lowest BCUT2D eigenvalue weighted by molar-refractivity contribution is 0.108. The summed E-state index contributed by atoms with van der Waals surface area (Å²) < 4.78 is 1.59. The molecule has 108 valence electrons. The summed E-state index contributed by atoms with van der Waals surface area (Å²) in [6.45, 7) is 11.6. The van der Waals surface area contributed by atoms with E-state index < -0.39 is 6.10 Å². The molecule has 0 spiro atoms. The Morgan fingerprint density at radius 2 is 2.10 bits per heavy atom. The minimum absolute atomic E-state index is 0.299. The third kappa shape index (κ3) is 4.31. The van der Waals surface area contributed by atoms with Crippen LogP contribution in [0.25, 0.3) is 5.70 Å². The highest BCUT2D eigenvalue weighted by Crippen LogP contribution is 2.28. The van der Waals surface area contributed by atoms with Gasteiger partial charge in [0.05, 0.1) is 5.70 Å². The maximum atomic E-state index is 10.6. The van der Waals surface area contributed by atoms with E-state index in [0.29, 0.717) is 5.70 Å². The van der Waals surface area contributed by atoms with Gasteiger partial charge in [0.2, 0.25) is 0 Å². The van der Waals surface area contributed by atoms with E-state index >= 15 is 0 Å². The van der Waals surface area contributed by atoms with Gasteiger partial charge >= 0.3 is 0 Å². The molecule has 0 aliphatic heterocycles. The zero-order chi connectivity index (χ0) is 15.2. The van der Waals surface area contributed by atoms with Gasteiger partial charge in [0, 0.05) is 0 Å². The third-order valence-electron chi connectivity index (χ3n) is 2.77. The normalized spacial score (nSPS) is 15.7. The van der Waals surface area contributed by atoms with Crippen LogP contribution < -0.4 is 0 Å². The zero-order valence-corrected chi connectivity index (χ0v) is 12.6. The monoisotopic (exact) mass is 273 g/mol. The molecule has 0 saturated heterocycles. The molecule has 0 bridgehead atoms. The molecule has 0 aromatic carbocycles. The molecule has 0 radical (unpaired) electrons. The number of allylic oxidation sites excluding steroid dienone is 6. The maximum Gasteiger partial charge on any atom is 0.138 e. The molecule has 4 nitrogen and oxygen atoms in total. The summed E-state index contributed by atoms with van der Waals surface area (Å²) in [6.07, 6.45) is 11.8. The van der Waals surface area contributed by atoms with Crippen molar-refractivity contribution in [3.05, 3.63) is 55.2 Å². The van der Waals surface area contributed by atoms with E-state index in [9.17, 15) is 5.11 Å². The van der Waals surface area contributed by atoms with Crippen molar-refractivity contribution in [2.24, 2.45) is 5.41 Å². The average Bonchev–Trinajstić information content (AvgIpc) is 2.88. The Bertz CT molecular complexity index is 516.